The number of benzene rings is 2. The fourth-order valence-corrected chi connectivity index (χ4v) is 3.43. The topological polar surface area (TPSA) is 66.4 Å². The third kappa shape index (κ3) is 1.69. The van der Waals surface area contributed by atoms with Gasteiger partial charge in [0.05, 0.1) is 19.6 Å². The number of ether oxygens (including phenoxy) is 5. The standard InChI is InChI=1S/C17H14O6/c1-19-14-4-12-9(2-11(14)18)17-10(6-20-12)8-3-15-16(22-7-21-15)5-13(8)23-17/h2-5,10,17-18H,6-7H2,1H3/t10-,17-/m0/s1. The van der Waals surface area contributed by atoms with Gasteiger partial charge in [0.1, 0.15) is 17.6 Å². The second-order valence-corrected chi connectivity index (χ2v) is 5.76. The average molecular weight is 314 g/mol. The number of methoxy groups -OCH3 is 1. The lowest BCUT2D eigenvalue weighted by Crippen LogP contribution is -2.23. The zero-order valence-corrected chi connectivity index (χ0v) is 12.4. The van der Waals surface area contributed by atoms with Crippen molar-refractivity contribution in [1.29, 1.82) is 0 Å². The fourth-order valence-electron chi connectivity index (χ4n) is 3.43. The number of phenols is 1. The van der Waals surface area contributed by atoms with Crippen molar-refractivity contribution in [2.24, 2.45) is 0 Å². The molecule has 0 aromatic heterocycles. The summed E-state index contributed by atoms with van der Waals surface area (Å²) in [6.45, 7) is 0.734. The van der Waals surface area contributed by atoms with Crippen molar-refractivity contribution < 1.29 is 28.8 Å². The van der Waals surface area contributed by atoms with Crippen LogP contribution in [0.15, 0.2) is 24.3 Å². The van der Waals surface area contributed by atoms with Crippen LogP contribution in [0.2, 0.25) is 0 Å². The number of hydrogen-bond acceptors (Lipinski definition) is 6. The molecule has 2 atom stereocenters. The Bertz CT molecular complexity index is 815. The van der Waals surface area contributed by atoms with Gasteiger partial charge in [0.15, 0.2) is 23.0 Å². The molecule has 0 bridgehead atoms. The highest BCUT2D eigenvalue weighted by molar-refractivity contribution is 5.59. The van der Waals surface area contributed by atoms with Gasteiger partial charge in [0, 0.05) is 23.3 Å². The molecule has 3 aliphatic heterocycles. The van der Waals surface area contributed by atoms with E-state index in [9.17, 15) is 5.11 Å². The van der Waals surface area contributed by atoms with Gasteiger partial charge in [-0.25, -0.2) is 0 Å². The molecular weight excluding hydrogens is 300 g/mol. The molecule has 23 heavy (non-hydrogen) atoms. The Morgan fingerprint density at radius 2 is 1.78 bits per heavy atom. The van der Waals surface area contributed by atoms with Crippen LogP contribution in [0.25, 0.3) is 0 Å². The van der Waals surface area contributed by atoms with Gasteiger partial charge in [-0.1, -0.05) is 0 Å². The monoisotopic (exact) mass is 314 g/mol. The van der Waals surface area contributed by atoms with E-state index in [2.05, 4.69) is 0 Å². The van der Waals surface area contributed by atoms with E-state index >= 15 is 0 Å². The largest absolute Gasteiger partial charge is 0.504 e. The van der Waals surface area contributed by atoms with E-state index < -0.39 is 0 Å². The molecule has 5 rings (SSSR count). The number of rotatable bonds is 1. The van der Waals surface area contributed by atoms with Gasteiger partial charge in [-0.15, -0.1) is 0 Å². The zero-order chi connectivity index (χ0) is 15.6. The lowest BCUT2D eigenvalue weighted by molar-refractivity contribution is 0.137. The van der Waals surface area contributed by atoms with Crippen LogP contribution in [0.1, 0.15) is 23.1 Å². The third-order valence-electron chi connectivity index (χ3n) is 4.56. The van der Waals surface area contributed by atoms with Crippen LogP contribution in [-0.2, 0) is 0 Å². The van der Waals surface area contributed by atoms with E-state index in [1.807, 2.05) is 12.1 Å². The molecule has 6 heteroatoms. The van der Waals surface area contributed by atoms with Gasteiger partial charge in [-0.05, 0) is 12.1 Å². The molecule has 3 heterocycles. The van der Waals surface area contributed by atoms with Crippen LogP contribution >= 0.6 is 0 Å². The summed E-state index contributed by atoms with van der Waals surface area (Å²) in [4.78, 5) is 0. The van der Waals surface area contributed by atoms with Crippen molar-refractivity contribution in [3.05, 3.63) is 35.4 Å². The lowest BCUT2D eigenvalue weighted by atomic mass is 9.89. The molecule has 0 aliphatic carbocycles. The predicted octanol–water partition coefficient (Wildman–Crippen LogP) is 2.74. The summed E-state index contributed by atoms with van der Waals surface area (Å²) in [7, 11) is 1.51. The minimum absolute atomic E-state index is 0.0554. The van der Waals surface area contributed by atoms with Crippen molar-refractivity contribution in [1.82, 2.24) is 0 Å². The first-order valence-corrected chi connectivity index (χ1v) is 7.38. The van der Waals surface area contributed by atoms with Crippen LogP contribution in [0.5, 0.6) is 34.5 Å². The van der Waals surface area contributed by atoms with Crippen LogP contribution in [0.3, 0.4) is 0 Å². The van der Waals surface area contributed by atoms with E-state index in [0.717, 1.165) is 22.6 Å². The van der Waals surface area contributed by atoms with Gasteiger partial charge < -0.3 is 28.8 Å². The van der Waals surface area contributed by atoms with E-state index in [1.54, 1.807) is 12.1 Å². The molecular formula is C17H14O6. The molecule has 0 saturated heterocycles. The quantitative estimate of drug-likeness (QED) is 0.873. The highest BCUT2D eigenvalue weighted by Gasteiger charge is 2.42. The number of aromatic hydroxyl groups is 1. The minimum atomic E-state index is -0.201. The van der Waals surface area contributed by atoms with E-state index in [4.69, 9.17) is 23.7 Å². The molecule has 0 unspecified atom stereocenters. The van der Waals surface area contributed by atoms with Gasteiger partial charge >= 0.3 is 0 Å². The third-order valence-corrected chi connectivity index (χ3v) is 4.56. The first-order valence-electron chi connectivity index (χ1n) is 7.38. The molecule has 2 aromatic carbocycles. The summed E-state index contributed by atoms with van der Waals surface area (Å²) in [5.41, 5.74) is 1.86. The van der Waals surface area contributed by atoms with Gasteiger partial charge in [-0.2, -0.15) is 0 Å². The SMILES string of the molecule is COc1cc2c(cc1O)[C@@H]1Oc3cc4c(cc3[C@@H]1CO2)OCO4. The molecule has 6 nitrogen and oxygen atoms in total. The summed E-state index contributed by atoms with van der Waals surface area (Å²) in [5.74, 6) is 3.39. The first kappa shape index (κ1) is 12.8. The Labute approximate surface area is 132 Å². The normalized spacial score (nSPS) is 22.5. The van der Waals surface area contributed by atoms with Crippen LogP contribution in [0.4, 0.5) is 0 Å². The Balaban J connectivity index is 1.59. The van der Waals surface area contributed by atoms with Crippen molar-refractivity contribution in [2.45, 2.75) is 12.0 Å². The molecule has 2 aromatic rings. The molecule has 1 N–H and O–H groups in total. The highest BCUT2D eigenvalue weighted by atomic mass is 16.7. The maximum atomic E-state index is 10.1. The number of phenolic OH excluding ortho intramolecular Hbond substituents is 1. The van der Waals surface area contributed by atoms with Crippen molar-refractivity contribution in [3.8, 4) is 34.5 Å². The summed E-state index contributed by atoms with van der Waals surface area (Å²) in [6, 6.07) is 7.16. The molecule has 118 valence electrons. The van der Waals surface area contributed by atoms with E-state index in [-0.39, 0.29) is 24.6 Å². The fraction of sp³-hybridized carbons (Fsp3) is 0.294. The highest BCUT2D eigenvalue weighted by Crippen LogP contribution is 2.55. The van der Waals surface area contributed by atoms with Crippen LogP contribution in [0, 0.1) is 0 Å². The van der Waals surface area contributed by atoms with Gasteiger partial charge in [0.2, 0.25) is 6.79 Å². The number of fused-ring (bicyclic) bond motifs is 6. The van der Waals surface area contributed by atoms with Crippen molar-refractivity contribution >= 4 is 0 Å². The summed E-state index contributed by atoms with van der Waals surface area (Å²) in [5, 5.41) is 10.1. The lowest BCUT2D eigenvalue weighted by Gasteiger charge is -2.28. The second kappa shape index (κ2) is 4.38. The summed E-state index contributed by atoms with van der Waals surface area (Å²) < 4.78 is 28.0. The average Bonchev–Trinajstić information content (AvgIpc) is 3.15. The van der Waals surface area contributed by atoms with Crippen LogP contribution in [-0.4, -0.2) is 25.6 Å². The van der Waals surface area contributed by atoms with Crippen molar-refractivity contribution in [3.63, 3.8) is 0 Å². The zero-order valence-electron chi connectivity index (χ0n) is 12.4. The van der Waals surface area contributed by atoms with E-state index in [0.29, 0.717) is 23.9 Å². The second-order valence-electron chi connectivity index (χ2n) is 5.76. The van der Waals surface area contributed by atoms with Gasteiger partial charge in [0.25, 0.3) is 0 Å². The molecule has 3 aliphatic rings. The maximum absolute atomic E-state index is 10.1. The molecule has 0 saturated carbocycles. The van der Waals surface area contributed by atoms with Crippen molar-refractivity contribution in [2.75, 3.05) is 20.5 Å². The maximum Gasteiger partial charge on any atom is 0.231 e. The first-order chi connectivity index (χ1) is 11.2. The Morgan fingerprint density at radius 3 is 2.61 bits per heavy atom. The Hall–Kier alpha value is -2.76. The Morgan fingerprint density at radius 1 is 0.957 bits per heavy atom. The summed E-state index contributed by atoms with van der Waals surface area (Å²) in [6.07, 6.45) is -0.201. The Kier molecular flexibility index (Phi) is 2.43. The molecule has 0 amide bonds. The molecule has 0 radical (unpaired) electrons. The predicted molar refractivity (Wildman–Crippen MR) is 78.8 cm³/mol. The minimum Gasteiger partial charge on any atom is -0.504 e. The van der Waals surface area contributed by atoms with E-state index in [1.165, 1.54) is 7.11 Å². The smallest absolute Gasteiger partial charge is 0.231 e. The molecule has 0 fully saturated rings. The molecule has 0 spiro atoms. The summed E-state index contributed by atoms with van der Waals surface area (Å²) >= 11 is 0. The van der Waals surface area contributed by atoms with Gasteiger partial charge in [-0.3, -0.25) is 0 Å². The number of hydrogen-bond donors (Lipinski definition) is 1. The van der Waals surface area contributed by atoms with Crippen LogP contribution < -0.4 is 23.7 Å².